The van der Waals surface area contributed by atoms with E-state index in [-0.39, 0.29) is 11.9 Å². The summed E-state index contributed by atoms with van der Waals surface area (Å²) >= 11 is 0. The zero-order valence-electron chi connectivity index (χ0n) is 14.0. The Morgan fingerprint density at radius 3 is 2.74 bits per heavy atom. The van der Waals surface area contributed by atoms with Crippen LogP contribution < -0.4 is 5.32 Å². The fourth-order valence-electron chi connectivity index (χ4n) is 3.47. The molecule has 0 spiro atoms. The van der Waals surface area contributed by atoms with Gasteiger partial charge in [-0.1, -0.05) is 29.3 Å². The Kier molecular flexibility index (Phi) is 4.48. The predicted octanol–water partition coefficient (Wildman–Crippen LogP) is 2.19. The van der Waals surface area contributed by atoms with E-state index in [0.29, 0.717) is 6.42 Å². The van der Waals surface area contributed by atoms with Crippen molar-refractivity contribution in [2.45, 2.75) is 39.4 Å². The molecule has 0 bridgehead atoms. The summed E-state index contributed by atoms with van der Waals surface area (Å²) in [6.07, 6.45) is 2.29. The summed E-state index contributed by atoms with van der Waals surface area (Å²) in [5.41, 5.74) is 5.09. The topological polar surface area (TPSA) is 50.2 Å². The highest BCUT2D eigenvalue weighted by Crippen LogP contribution is 2.24. The minimum atomic E-state index is 0.0599. The van der Waals surface area contributed by atoms with Crippen LogP contribution >= 0.6 is 0 Å². The number of nitrogens with zero attached hydrogens (tertiary/aromatic N) is 3. The summed E-state index contributed by atoms with van der Waals surface area (Å²) in [6.45, 7) is 6.89. The van der Waals surface area contributed by atoms with Crippen LogP contribution in [0.4, 0.5) is 0 Å². The highest BCUT2D eigenvalue weighted by Gasteiger charge is 2.27. The summed E-state index contributed by atoms with van der Waals surface area (Å²) < 4.78 is 2.01. The van der Waals surface area contributed by atoms with Crippen molar-refractivity contribution in [2.75, 3.05) is 13.6 Å². The number of rotatable bonds is 4. The van der Waals surface area contributed by atoms with Crippen molar-refractivity contribution >= 4 is 5.91 Å². The number of hydrogen-bond donors (Lipinski definition) is 1. The Morgan fingerprint density at radius 2 is 2.04 bits per heavy atom. The second-order valence-electron chi connectivity index (χ2n) is 6.46. The molecule has 0 radical (unpaired) electrons. The van der Waals surface area contributed by atoms with Crippen LogP contribution in [-0.4, -0.2) is 34.2 Å². The molecule has 0 saturated carbocycles. The molecule has 0 saturated heterocycles. The Bertz CT molecular complexity index is 687. The van der Waals surface area contributed by atoms with Crippen LogP contribution in [0, 0.1) is 13.8 Å². The molecular weight excluding hydrogens is 288 g/mol. The number of benzene rings is 1. The standard InChI is InChI=1S/C18H24N4O/c1-13-6-14(2)8-15(7-13)10-21-11-16-4-5-20-22(16)17(12-21)9-18(23)19-3/h4-8,17H,9-12H2,1-3H3,(H,19,23)/t17-/m1/s1. The third kappa shape index (κ3) is 3.62. The molecule has 2 heterocycles. The van der Waals surface area contributed by atoms with Gasteiger partial charge in [-0.25, -0.2) is 0 Å². The quantitative estimate of drug-likeness (QED) is 0.941. The van der Waals surface area contributed by atoms with E-state index in [1.165, 1.54) is 22.4 Å². The molecule has 1 aliphatic heterocycles. The van der Waals surface area contributed by atoms with Gasteiger partial charge < -0.3 is 5.32 Å². The number of carbonyl (C=O) groups excluding carboxylic acids is 1. The second kappa shape index (κ2) is 6.54. The number of fused-ring (bicyclic) bond motifs is 1. The molecule has 122 valence electrons. The molecule has 1 aromatic carbocycles. The number of hydrogen-bond acceptors (Lipinski definition) is 3. The monoisotopic (exact) mass is 312 g/mol. The van der Waals surface area contributed by atoms with Gasteiger partial charge >= 0.3 is 0 Å². The van der Waals surface area contributed by atoms with Crippen molar-refractivity contribution in [3.63, 3.8) is 0 Å². The molecular formula is C18H24N4O. The van der Waals surface area contributed by atoms with Gasteiger partial charge in [-0.2, -0.15) is 5.10 Å². The first kappa shape index (κ1) is 15.7. The highest BCUT2D eigenvalue weighted by molar-refractivity contribution is 5.76. The number of aromatic nitrogens is 2. The van der Waals surface area contributed by atoms with Crippen molar-refractivity contribution in [3.05, 3.63) is 52.8 Å². The Hall–Kier alpha value is -2.14. The molecule has 2 aromatic rings. The van der Waals surface area contributed by atoms with Gasteiger partial charge in [-0.05, 0) is 25.5 Å². The number of aryl methyl sites for hydroxylation is 2. The van der Waals surface area contributed by atoms with Crippen LogP contribution in [0.5, 0.6) is 0 Å². The molecule has 1 aliphatic rings. The second-order valence-corrected chi connectivity index (χ2v) is 6.46. The van der Waals surface area contributed by atoms with Crippen LogP contribution in [0.15, 0.2) is 30.5 Å². The van der Waals surface area contributed by atoms with Gasteiger partial charge in [-0.15, -0.1) is 0 Å². The van der Waals surface area contributed by atoms with Crippen molar-refractivity contribution in [1.29, 1.82) is 0 Å². The molecule has 23 heavy (non-hydrogen) atoms. The van der Waals surface area contributed by atoms with Crippen LogP contribution in [0.2, 0.25) is 0 Å². The third-order valence-electron chi connectivity index (χ3n) is 4.34. The van der Waals surface area contributed by atoms with Crippen molar-refractivity contribution in [1.82, 2.24) is 20.0 Å². The lowest BCUT2D eigenvalue weighted by Gasteiger charge is -2.33. The summed E-state index contributed by atoms with van der Waals surface area (Å²) in [4.78, 5) is 14.2. The van der Waals surface area contributed by atoms with E-state index in [2.05, 4.69) is 47.4 Å². The maximum absolute atomic E-state index is 11.8. The van der Waals surface area contributed by atoms with Crippen LogP contribution in [0.1, 0.15) is 34.8 Å². The highest BCUT2D eigenvalue weighted by atomic mass is 16.1. The van der Waals surface area contributed by atoms with Crippen LogP contribution in [0.25, 0.3) is 0 Å². The van der Waals surface area contributed by atoms with Gasteiger partial charge in [0.25, 0.3) is 0 Å². The lowest BCUT2D eigenvalue weighted by molar-refractivity contribution is -0.121. The SMILES string of the molecule is CNC(=O)C[C@@H]1CN(Cc2cc(C)cc(C)c2)Cc2ccnn21. The van der Waals surface area contributed by atoms with Crippen molar-refractivity contribution in [3.8, 4) is 0 Å². The largest absolute Gasteiger partial charge is 0.359 e. The molecule has 5 nitrogen and oxygen atoms in total. The first-order chi connectivity index (χ1) is 11.0. The summed E-state index contributed by atoms with van der Waals surface area (Å²) in [7, 11) is 1.68. The fourth-order valence-corrected chi connectivity index (χ4v) is 3.47. The van der Waals surface area contributed by atoms with E-state index in [1.54, 1.807) is 7.05 Å². The van der Waals surface area contributed by atoms with E-state index in [9.17, 15) is 4.79 Å². The molecule has 3 rings (SSSR count). The fraction of sp³-hybridized carbons (Fsp3) is 0.444. The molecule has 1 aromatic heterocycles. The minimum Gasteiger partial charge on any atom is -0.359 e. The first-order valence-corrected chi connectivity index (χ1v) is 8.07. The van der Waals surface area contributed by atoms with Gasteiger partial charge in [-0.3, -0.25) is 14.4 Å². The lowest BCUT2D eigenvalue weighted by atomic mass is 10.1. The smallest absolute Gasteiger partial charge is 0.221 e. The average molecular weight is 312 g/mol. The molecule has 1 N–H and O–H groups in total. The normalized spacial score (nSPS) is 17.8. The number of carbonyl (C=O) groups is 1. The zero-order valence-corrected chi connectivity index (χ0v) is 14.0. The minimum absolute atomic E-state index is 0.0599. The molecule has 0 fully saturated rings. The third-order valence-corrected chi connectivity index (χ3v) is 4.34. The summed E-state index contributed by atoms with van der Waals surface area (Å²) in [5, 5.41) is 7.12. The van der Waals surface area contributed by atoms with Crippen LogP contribution in [0.3, 0.4) is 0 Å². The van der Waals surface area contributed by atoms with Gasteiger partial charge in [0.05, 0.1) is 18.2 Å². The zero-order chi connectivity index (χ0) is 16.4. The summed E-state index contributed by atoms with van der Waals surface area (Å²) in [5.74, 6) is 0.0599. The molecule has 0 unspecified atom stereocenters. The molecule has 0 aliphatic carbocycles. The summed E-state index contributed by atoms with van der Waals surface area (Å²) in [6, 6.07) is 8.83. The van der Waals surface area contributed by atoms with E-state index in [4.69, 9.17) is 0 Å². The number of nitrogens with one attached hydrogen (secondary N) is 1. The van der Waals surface area contributed by atoms with E-state index in [0.717, 1.165) is 19.6 Å². The van der Waals surface area contributed by atoms with E-state index >= 15 is 0 Å². The molecule has 1 atom stereocenters. The molecule has 5 heteroatoms. The average Bonchev–Trinajstić information content (AvgIpc) is 2.94. The van der Waals surface area contributed by atoms with Crippen LogP contribution in [-0.2, 0) is 17.9 Å². The van der Waals surface area contributed by atoms with Gasteiger partial charge in [0.15, 0.2) is 0 Å². The van der Waals surface area contributed by atoms with E-state index in [1.807, 2.05) is 16.9 Å². The first-order valence-electron chi connectivity index (χ1n) is 8.07. The Balaban J connectivity index is 1.78. The maximum Gasteiger partial charge on any atom is 0.221 e. The number of amides is 1. The van der Waals surface area contributed by atoms with Crippen molar-refractivity contribution < 1.29 is 4.79 Å². The van der Waals surface area contributed by atoms with Crippen molar-refractivity contribution in [2.24, 2.45) is 0 Å². The lowest BCUT2D eigenvalue weighted by Crippen LogP contribution is -2.39. The maximum atomic E-state index is 11.8. The Morgan fingerprint density at radius 1 is 1.30 bits per heavy atom. The van der Waals surface area contributed by atoms with Gasteiger partial charge in [0.1, 0.15) is 0 Å². The molecule has 1 amide bonds. The predicted molar refractivity (Wildman–Crippen MR) is 90.0 cm³/mol. The Labute approximate surface area is 137 Å². The van der Waals surface area contributed by atoms with Gasteiger partial charge in [0, 0.05) is 32.9 Å². The van der Waals surface area contributed by atoms with Gasteiger partial charge in [0.2, 0.25) is 5.91 Å². The van der Waals surface area contributed by atoms with E-state index < -0.39 is 0 Å².